The van der Waals surface area contributed by atoms with E-state index in [1.807, 2.05) is 18.3 Å². The lowest BCUT2D eigenvalue weighted by atomic mass is 9.95. The molecule has 0 spiro atoms. The van der Waals surface area contributed by atoms with Gasteiger partial charge in [0.2, 0.25) is 0 Å². The summed E-state index contributed by atoms with van der Waals surface area (Å²) in [6.45, 7) is 2.19. The van der Waals surface area contributed by atoms with Crippen LogP contribution in [0.5, 0.6) is 0 Å². The summed E-state index contributed by atoms with van der Waals surface area (Å²) in [7, 11) is 0. The van der Waals surface area contributed by atoms with E-state index in [9.17, 15) is 0 Å². The third-order valence-electron chi connectivity index (χ3n) is 3.30. The molecule has 0 N–H and O–H groups in total. The number of aryl methyl sites for hydroxylation is 1. The Bertz CT molecular complexity index is 672. The SMILES string of the molecule is CCc1ccc2cccnc2c1-c1ccccc1. The Morgan fingerprint density at radius 3 is 2.50 bits per heavy atom. The normalized spacial score (nSPS) is 10.7. The maximum absolute atomic E-state index is 4.57. The highest BCUT2D eigenvalue weighted by molar-refractivity contribution is 5.95. The van der Waals surface area contributed by atoms with Gasteiger partial charge in [-0.2, -0.15) is 0 Å². The average molecular weight is 233 g/mol. The third-order valence-corrected chi connectivity index (χ3v) is 3.30. The molecule has 88 valence electrons. The lowest BCUT2D eigenvalue weighted by Crippen LogP contribution is -1.91. The number of aromatic nitrogens is 1. The molecule has 2 aromatic carbocycles. The summed E-state index contributed by atoms with van der Waals surface area (Å²) in [5, 5.41) is 1.20. The lowest BCUT2D eigenvalue weighted by Gasteiger charge is -2.11. The second-order valence-electron chi connectivity index (χ2n) is 4.39. The van der Waals surface area contributed by atoms with Crippen molar-refractivity contribution in [1.82, 2.24) is 4.98 Å². The van der Waals surface area contributed by atoms with Crippen molar-refractivity contribution in [3.63, 3.8) is 0 Å². The maximum Gasteiger partial charge on any atom is 0.0783 e. The first-order valence-electron chi connectivity index (χ1n) is 6.32. The van der Waals surface area contributed by atoms with Gasteiger partial charge in [-0.3, -0.25) is 4.98 Å². The highest BCUT2D eigenvalue weighted by Gasteiger charge is 2.09. The zero-order chi connectivity index (χ0) is 12.4. The number of pyridine rings is 1. The molecule has 0 amide bonds. The molecular formula is C17H15N. The zero-order valence-corrected chi connectivity index (χ0v) is 10.4. The number of hydrogen-bond donors (Lipinski definition) is 0. The van der Waals surface area contributed by atoms with Crippen LogP contribution < -0.4 is 0 Å². The third kappa shape index (κ3) is 1.78. The second-order valence-corrected chi connectivity index (χ2v) is 4.39. The molecule has 1 heteroatoms. The summed E-state index contributed by atoms with van der Waals surface area (Å²) in [5.41, 5.74) is 4.98. The van der Waals surface area contributed by atoms with E-state index in [-0.39, 0.29) is 0 Å². The number of fused-ring (bicyclic) bond motifs is 1. The van der Waals surface area contributed by atoms with Gasteiger partial charge in [0.25, 0.3) is 0 Å². The van der Waals surface area contributed by atoms with E-state index >= 15 is 0 Å². The summed E-state index contributed by atoms with van der Waals surface area (Å²) >= 11 is 0. The lowest BCUT2D eigenvalue weighted by molar-refractivity contribution is 1.14. The van der Waals surface area contributed by atoms with Crippen molar-refractivity contribution in [1.29, 1.82) is 0 Å². The van der Waals surface area contributed by atoms with Crippen LogP contribution in [-0.2, 0) is 6.42 Å². The molecule has 0 aliphatic rings. The fraction of sp³-hybridized carbons (Fsp3) is 0.118. The molecule has 0 unspecified atom stereocenters. The van der Waals surface area contributed by atoms with Crippen molar-refractivity contribution < 1.29 is 0 Å². The van der Waals surface area contributed by atoms with Crippen LogP contribution in [-0.4, -0.2) is 4.98 Å². The molecule has 0 atom stereocenters. The van der Waals surface area contributed by atoms with Gasteiger partial charge >= 0.3 is 0 Å². The number of benzene rings is 2. The van der Waals surface area contributed by atoms with Gasteiger partial charge in [0.1, 0.15) is 0 Å². The molecular weight excluding hydrogens is 218 g/mol. The Morgan fingerprint density at radius 1 is 0.889 bits per heavy atom. The molecule has 0 saturated heterocycles. The Kier molecular flexibility index (Phi) is 2.81. The van der Waals surface area contributed by atoms with Crippen molar-refractivity contribution >= 4 is 10.9 Å². The van der Waals surface area contributed by atoms with Crippen molar-refractivity contribution in [2.24, 2.45) is 0 Å². The van der Waals surface area contributed by atoms with E-state index < -0.39 is 0 Å². The Labute approximate surface area is 107 Å². The van der Waals surface area contributed by atoms with Gasteiger partial charge in [-0.1, -0.05) is 55.5 Å². The van der Waals surface area contributed by atoms with Crippen LogP contribution in [0.1, 0.15) is 12.5 Å². The minimum Gasteiger partial charge on any atom is -0.256 e. The molecule has 3 aromatic rings. The predicted molar refractivity (Wildman–Crippen MR) is 76.6 cm³/mol. The molecule has 1 heterocycles. The van der Waals surface area contributed by atoms with Crippen LogP contribution in [0.3, 0.4) is 0 Å². The largest absolute Gasteiger partial charge is 0.256 e. The zero-order valence-electron chi connectivity index (χ0n) is 10.4. The molecule has 0 saturated carbocycles. The van der Waals surface area contributed by atoms with Crippen LogP contribution in [0.25, 0.3) is 22.0 Å². The van der Waals surface area contributed by atoms with Crippen molar-refractivity contribution in [2.45, 2.75) is 13.3 Å². The molecule has 3 rings (SSSR count). The summed E-state index contributed by atoms with van der Waals surface area (Å²) in [5.74, 6) is 0. The van der Waals surface area contributed by atoms with E-state index in [1.165, 1.54) is 22.1 Å². The standard InChI is InChI=1S/C17H15N/c1-2-13-10-11-15-9-6-12-18-17(15)16(13)14-7-4-3-5-8-14/h3-12H,2H2,1H3. The van der Waals surface area contributed by atoms with Crippen molar-refractivity contribution in [2.75, 3.05) is 0 Å². The van der Waals surface area contributed by atoms with Gasteiger partial charge < -0.3 is 0 Å². The molecule has 0 aliphatic heterocycles. The Hall–Kier alpha value is -2.15. The summed E-state index contributed by atoms with van der Waals surface area (Å²) in [6.07, 6.45) is 2.89. The molecule has 0 radical (unpaired) electrons. The van der Waals surface area contributed by atoms with Gasteiger partial charge in [0, 0.05) is 17.1 Å². The fourth-order valence-corrected chi connectivity index (χ4v) is 2.41. The van der Waals surface area contributed by atoms with Gasteiger partial charge in [0.05, 0.1) is 5.52 Å². The fourth-order valence-electron chi connectivity index (χ4n) is 2.41. The highest BCUT2D eigenvalue weighted by atomic mass is 14.6. The van der Waals surface area contributed by atoms with Gasteiger partial charge in [-0.25, -0.2) is 0 Å². The molecule has 0 bridgehead atoms. The van der Waals surface area contributed by atoms with Crippen LogP contribution in [0, 0.1) is 0 Å². The first kappa shape index (κ1) is 11.0. The van der Waals surface area contributed by atoms with E-state index in [4.69, 9.17) is 0 Å². The van der Waals surface area contributed by atoms with Crippen LogP contribution >= 0.6 is 0 Å². The number of nitrogens with zero attached hydrogens (tertiary/aromatic N) is 1. The Morgan fingerprint density at radius 2 is 1.72 bits per heavy atom. The predicted octanol–water partition coefficient (Wildman–Crippen LogP) is 4.46. The molecule has 0 fully saturated rings. The summed E-state index contributed by atoms with van der Waals surface area (Å²) in [4.78, 5) is 4.57. The van der Waals surface area contributed by atoms with Gasteiger partial charge in [-0.05, 0) is 23.6 Å². The molecule has 1 aromatic heterocycles. The van der Waals surface area contributed by atoms with Crippen molar-refractivity contribution in [3.05, 3.63) is 66.4 Å². The first-order valence-corrected chi connectivity index (χ1v) is 6.32. The monoisotopic (exact) mass is 233 g/mol. The molecule has 0 aliphatic carbocycles. The van der Waals surface area contributed by atoms with E-state index in [0.29, 0.717) is 0 Å². The number of hydrogen-bond acceptors (Lipinski definition) is 1. The summed E-state index contributed by atoms with van der Waals surface area (Å²) in [6, 6.07) is 19.0. The first-order chi connectivity index (χ1) is 8.90. The molecule has 1 nitrogen and oxygen atoms in total. The van der Waals surface area contributed by atoms with E-state index in [2.05, 4.69) is 54.4 Å². The van der Waals surface area contributed by atoms with E-state index in [1.54, 1.807) is 0 Å². The van der Waals surface area contributed by atoms with Crippen LogP contribution in [0.2, 0.25) is 0 Å². The topological polar surface area (TPSA) is 12.9 Å². The van der Waals surface area contributed by atoms with Gasteiger partial charge in [0.15, 0.2) is 0 Å². The average Bonchev–Trinajstić information content (AvgIpc) is 2.47. The maximum atomic E-state index is 4.57. The highest BCUT2D eigenvalue weighted by Crippen LogP contribution is 2.30. The minimum atomic E-state index is 1.02. The van der Waals surface area contributed by atoms with Crippen LogP contribution in [0.15, 0.2) is 60.8 Å². The van der Waals surface area contributed by atoms with Gasteiger partial charge in [-0.15, -0.1) is 0 Å². The van der Waals surface area contributed by atoms with Crippen molar-refractivity contribution in [3.8, 4) is 11.1 Å². The van der Waals surface area contributed by atoms with E-state index in [0.717, 1.165) is 11.9 Å². The van der Waals surface area contributed by atoms with Crippen LogP contribution in [0.4, 0.5) is 0 Å². The second kappa shape index (κ2) is 4.61. The minimum absolute atomic E-state index is 1.02. The Balaban J connectivity index is 2.38. The molecule has 18 heavy (non-hydrogen) atoms. The smallest absolute Gasteiger partial charge is 0.0783 e. The quantitative estimate of drug-likeness (QED) is 0.636. The summed E-state index contributed by atoms with van der Waals surface area (Å²) < 4.78 is 0. The number of rotatable bonds is 2.